The highest BCUT2D eigenvalue weighted by Gasteiger charge is 2.04. The molecule has 0 amide bonds. The van der Waals surface area contributed by atoms with Crippen LogP contribution in [-0.4, -0.2) is 24.0 Å². The van der Waals surface area contributed by atoms with Crippen LogP contribution in [0, 0.1) is 0 Å². The van der Waals surface area contributed by atoms with Gasteiger partial charge in [0.2, 0.25) is 0 Å². The van der Waals surface area contributed by atoms with E-state index in [0.717, 1.165) is 0 Å². The molecule has 0 saturated carbocycles. The van der Waals surface area contributed by atoms with E-state index in [1.807, 2.05) is 13.8 Å². The van der Waals surface area contributed by atoms with Gasteiger partial charge < -0.3 is 4.74 Å². The van der Waals surface area contributed by atoms with Gasteiger partial charge in [-0.25, -0.2) is 0 Å². The monoisotopic (exact) mass is 170 g/mol. The van der Waals surface area contributed by atoms with Crippen LogP contribution in [0.1, 0.15) is 13.8 Å². The van der Waals surface area contributed by atoms with E-state index in [-0.39, 0.29) is 12.2 Å². The smallest absolute Gasteiger partial charge is 0.0686 e. The summed E-state index contributed by atoms with van der Waals surface area (Å²) in [4.78, 5) is 0. The van der Waals surface area contributed by atoms with Crippen LogP contribution in [0.4, 0.5) is 0 Å². The first-order chi connectivity index (χ1) is 4.20. The fraction of sp³-hybridized carbons (Fsp3) is 1.00. The maximum Gasteiger partial charge on any atom is 0.0686 e. The maximum atomic E-state index is 5.48. The Morgan fingerprint density at radius 2 is 1.44 bits per heavy atom. The van der Waals surface area contributed by atoms with Crippen molar-refractivity contribution in [1.82, 2.24) is 0 Å². The molecule has 1 nitrogen and oxygen atoms in total. The highest BCUT2D eigenvalue weighted by molar-refractivity contribution is 6.18. The predicted octanol–water partition coefficient (Wildman–Crippen LogP) is 2.26. The molecule has 0 unspecified atom stereocenters. The third-order valence-corrected chi connectivity index (χ3v) is 1.77. The van der Waals surface area contributed by atoms with Gasteiger partial charge in [-0.3, -0.25) is 0 Å². The van der Waals surface area contributed by atoms with Gasteiger partial charge in [0.25, 0.3) is 0 Å². The van der Waals surface area contributed by atoms with Crippen LogP contribution < -0.4 is 0 Å². The molecule has 0 aromatic carbocycles. The second-order valence-corrected chi connectivity index (χ2v) is 2.68. The number of hydrogen-bond acceptors (Lipinski definition) is 1. The molecule has 0 aromatic rings. The Labute approximate surface area is 66.3 Å². The van der Waals surface area contributed by atoms with E-state index >= 15 is 0 Å². The van der Waals surface area contributed by atoms with Gasteiger partial charge in [-0.1, -0.05) is 0 Å². The molecule has 0 fully saturated rings. The second kappa shape index (κ2) is 5.33. The Morgan fingerprint density at radius 3 is 1.67 bits per heavy atom. The zero-order chi connectivity index (χ0) is 7.28. The largest absolute Gasteiger partial charge is 0.373 e. The van der Waals surface area contributed by atoms with Crippen molar-refractivity contribution in [3.63, 3.8) is 0 Å². The maximum absolute atomic E-state index is 5.48. The molecule has 0 aliphatic heterocycles. The summed E-state index contributed by atoms with van der Waals surface area (Å²) in [6.45, 7) is 3.85. The normalized spacial score (nSPS) is 17.3. The molecule has 0 rings (SSSR count). The predicted molar refractivity (Wildman–Crippen MR) is 41.4 cm³/mol. The first-order valence-corrected chi connectivity index (χ1v) is 4.05. The van der Waals surface area contributed by atoms with Gasteiger partial charge in [0.1, 0.15) is 0 Å². The quantitative estimate of drug-likeness (QED) is 0.589. The van der Waals surface area contributed by atoms with Gasteiger partial charge in [-0.05, 0) is 13.8 Å². The van der Waals surface area contributed by atoms with Gasteiger partial charge in [0, 0.05) is 11.8 Å². The molecule has 9 heavy (non-hydrogen) atoms. The summed E-state index contributed by atoms with van der Waals surface area (Å²) in [5, 5.41) is 0. The third-order valence-electron chi connectivity index (χ3n) is 0.899. The van der Waals surface area contributed by atoms with Crippen LogP contribution in [0.2, 0.25) is 0 Å². The van der Waals surface area contributed by atoms with E-state index in [1.54, 1.807) is 0 Å². The van der Waals surface area contributed by atoms with Crippen LogP contribution in [-0.2, 0) is 4.74 Å². The third kappa shape index (κ3) is 5.01. The van der Waals surface area contributed by atoms with Crippen LogP contribution in [0.3, 0.4) is 0 Å². The number of rotatable bonds is 4. The number of alkyl halides is 2. The lowest BCUT2D eigenvalue weighted by atomic mass is 10.4. The van der Waals surface area contributed by atoms with E-state index in [9.17, 15) is 0 Å². The van der Waals surface area contributed by atoms with E-state index in [2.05, 4.69) is 0 Å². The molecule has 0 aliphatic rings. The molecule has 0 aromatic heterocycles. The zero-order valence-corrected chi connectivity index (χ0v) is 7.24. The van der Waals surface area contributed by atoms with Crippen LogP contribution in [0.15, 0.2) is 0 Å². The van der Waals surface area contributed by atoms with Crippen molar-refractivity contribution in [2.45, 2.75) is 26.1 Å². The summed E-state index contributed by atoms with van der Waals surface area (Å²) >= 11 is 11.0. The average molecular weight is 171 g/mol. The molecule has 0 N–H and O–H groups in total. The summed E-state index contributed by atoms with van der Waals surface area (Å²) in [6, 6.07) is 0. The minimum Gasteiger partial charge on any atom is -0.373 e. The summed E-state index contributed by atoms with van der Waals surface area (Å²) in [6.07, 6.45) is 0.223. The van der Waals surface area contributed by atoms with Crippen LogP contribution in [0.5, 0.6) is 0 Å². The van der Waals surface area contributed by atoms with E-state index in [4.69, 9.17) is 27.9 Å². The Balaban J connectivity index is 3.22. The fourth-order valence-corrected chi connectivity index (χ4v) is 0.615. The number of halogens is 2. The molecule has 0 spiro atoms. The molecule has 0 bridgehead atoms. The highest BCUT2D eigenvalue weighted by atomic mass is 35.5. The molecular formula is C6H12Cl2O. The van der Waals surface area contributed by atoms with E-state index in [0.29, 0.717) is 11.8 Å². The first-order valence-electron chi connectivity index (χ1n) is 2.98. The Hall–Kier alpha value is 0.540. The molecule has 0 aliphatic carbocycles. The Kier molecular flexibility index (Phi) is 5.65. The van der Waals surface area contributed by atoms with E-state index in [1.165, 1.54) is 0 Å². The zero-order valence-electron chi connectivity index (χ0n) is 5.73. The standard InChI is InChI=1S/C6H12Cl2O/c1-5(3-7)9-6(2)4-8/h5-6H,3-4H2,1-2H3/t5-,6-/m0/s1. The first kappa shape index (κ1) is 9.54. The highest BCUT2D eigenvalue weighted by Crippen LogP contribution is 2.00. The van der Waals surface area contributed by atoms with Gasteiger partial charge >= 0.3 is 0 Å². The molecule has 56 valence electrons. The van der Waals surface area contributed by atoms with E-state index < -0.39 is 0 Å². The summed E-state index contributed by atoms with van der Waals surface area (Å²) < 4.78 is 5.28. The Morgan fingerprint density at radius 1 is 1.11 bits per heavy atom. The lowest BCUT2D eigenvalue weighted by molar-refractivity contribution is 0.0339. The van der Waals surface area contributed by atoms with Gasteiger partial charge in [-0.2, -0.15) is 0 Å². The van der Waals surface area contributed by atoms with Crippen molar-refractivity contribution in [2.24, 2.45) is 0 Å². The molecule has 0 heterocycles. The molecule has 2 atom stereocenters. The molecule has 0 saturated heterocycles. The summed E-state index contributed by atoms with van der Waals surface area (Å²) in [5.74, 6) is 1.06. The van der Waals surface area contributed by atoms with Crippen molar-refractivity contribution >= 4 is 23.2 Å². The summed E-state index contributed by atoms with van der Waals surface area (Å²) in [5.41, 5.74) is 0. The van der Waals surface area contributed by atoms with Crippen LogP contribution in [0.25, 0.3) is 0 Å². The minimum absolute atomic E-state index is 0.111. The van der Waals surface area contributed by atoms with Crippen molar-refractivity contribution < 1.29 is 4.74 Å². The topological polar surface area (TPSA) is 9.23 Å². The van der Waals surface area contributed by atoms with Crippen molar-refractivity contribution in [3.05, 3.63) is 0 Å². The molecule has 3 heteroatoms. The number of ether oxygens (including phenoxy) is 1. The van der Waals surface area contributed by atoms with Gasteiger partial charge in [0.15, 0.2) is 0 Å². The lowest BCUT2D eigenvalue weighted by Gasteiger charge is -2.13. The fourth-order valence-electron chi connectivity index (χ4n) is 0.469. The Bertz CT molecular complexity index is 60.1. The average Bonchev–Trinajstić information content (AvgIpc) is 1.87. The second-order valence-electron chi connectivity index (χ2n) is 2.07. The SMILES string of the molecule is C[C@@H](CCl)O[C@@H](C)CCl. The minimum atomic E-state index is 0.111. The van der Waals surface area contributed by atoms with Crippen molar-refractivity contribution in [3.8, 4) is 0 Å². The number of hydrogen-bond donors (Lipinski definition) is 0. The van der Waals surface area contributed by atoms with Crippen molar-refractivity contribution in [2.75, 3.05) is 11.8 Å². The molecular weight excluding hydrogens is 159 g/mol. The van der Waals surface area contributed by atoms with Gasteiger partial charge in [-0.15, -0.1) is 23.2 Å². The molecule has 0 radical (unpaired) electrons. The van der Waals surface area contributed by atoms with Crippen molar-refractivity contribution in [1.29, 1.82) is 0 Å². The lowest BCUT2D eigenvalue weighted by Crippen LogP contribution is -2.19. The summed E-state index contributed by atoms with van der Waals surface area (Å²) in [7, 11) is 0. The van der Waals surface area contributed by atoms with Gasteiger partial charge in [0.05, 0.1) is 12.2 Å². The van der Waals surface area contributed by atoms with Crippen LogP contribution >= 0.6 is 23.2 Å².